The highest BCUT2D eigenvalue weighted by Crippen LogP contribution is 2.19. The molecule has 2 rings (SSSR count). The van der Waals surface area contributed by atoms with E-state index < -0.39 is 0 Å². The van der Waals surface area contributed by atoms with Crippen molar-refractivity contribution in [2.24, 2.45) is 5.73 Å². The van der Waals surface area contributed by atoms with Gasteiger partial charge in [0.15, 0.2) is 0 Å². The van der Waals surface area contributed by atoms with Gasteiger partial charge in [-0.3, -0.25) is 0 Å². The van der Waals surface area contributed by atoms with Crippen LogP contribution in [0.2, 0.25) is 0 Å². The molecule has 0 radical (unpaired) electrons. The third-order valence-electron chi connectivity index (χ3n) is 2.90. The highest BCUT2D eigenvalue weighted by atomic mass is 16.2. The first-order valence-electron chi connectivity index (χ1n) is 5.98. The van der Waals surface area contributed by atoms with Gasteiger partial charge < -0.3 is 16.0 Å². The van der Waals surface area contributed by atoms with Gasteiger partial charge in [-0.2, -0.15) is 0 Å². The number of nitrogens with two attached hydrogens (primary N) is 1. The molecular weight excluding hydrogens is 214 g/mol. The molecule has 0 saturated heterocycles. The van der Waals surface area contributed by atoms with Crippen LogP contribution >= 0.6 is 0 Å². The van der Waals surface area contributed by atoms with Gasteiger partial charge in [-0.15, -0.1) is 0 Å². The monoisotopic (exact) mass is 233 g/mol. The first-order valence-corrected chi connectivity index (χ1v) is 5.98. The van der Waals surface area contributed by atoms with Crippen molar-refractivity contribution < 1.29 is 4.79 Å². The molecule has 4 heteroatoms. The van der Waals surface area contributed by atoms with Crippen LogP contribution in [0.1, 0.15) is 24.0 Å². The third kappa shape index (κ3) is 3.46. The Morgan fingerprint density at radius 3 is 2.82 bits per heavy atom. The molecule has 4 nitrogen and oxygen atoms in total. The van der Waals surface area contributed by atoms with E-state index in [2.05, 4.69) is 5.32 Å². The molecule has 2 amide bonds. The first-order chi connectivity index (χ1) is 8.19. The molecule has 1 aliphatic carbocycles. The summed E-state index contributed by atoms with van der Waals surface area (Å²) in [4.78, 5) is 13.4. The number of hydrogen-bond acceptors (Lipinski definition) is 2. The van der Waals surface area contributed by atoms with Gasteiger partial charge in [0.1, 0.15) is 0 Å². The standard InChI is InChI=1S/C13H19N3O/c1-16(13(17)15-12-5-6-12)9-11-4-2-3-10(7-11)8-14/h2-4,7,12H,5-6,8-9,14H2,1H3,(H,15,17). The molecule has 1 aromatic carbocycles. The molecule has 0 aliphatic heterocycles. The van der Waals surface area contributed by atoms with Gasteiger partial charge in [-0.25, -0.2) is 4.79 Å². The van der Waals surface area contributed by atoms with E-state index in [1.807, 2.05) is 31.3 Å². The van der Waals surface area contributed by atoms with Crippen molar-refractivity contribution in [1.82, 2.24) is 10.2 Å². The minimum Gasteiger partial charge on any atom is -0.335 e. The van der Waals surface area contributed by atoms with Crippen molar-refractivity contribution in [2.75, 3.05) is 7.05 Å². The first kappa shape index (κ1) is 11.9. The molecule has 0 unspecified atom stereocenters. The van der Waals surface area contributed by atoms with Crippen LogP contribution in [0.25, 0.3) is 0 Å². The molecule has 0 aromatic heterocycles. The highest BCUT2D eigenvalue weighted by Gasteiger charge is 2.24. The van der Waals surface area contributed by atoms with Gasteiger partial charge in [0.25, 0.3) is 0 Å². The summed E-state index contributed by atoms with van der Waals surface area (Å²) in [6.07, 6.45) is 2.23. The fourth-order valence-corrected chi connectivity index (χ4v) is 1.71. The summed E-state index contributed by atoms with van der Waals surface area (Å²) in [6.45, 7) is 1.15. The normalized spacial score (nSPS) is 14.5. The van der Waals surface area contributed by atoms with Gasteiger partial charge >= 0.3 is 6.03 Å². The van der Waals surface area contributed by atoms with Crippen molar-refractivity contribution in [3.05, 3.63) is 35.4 Å². The average molecular weight is 233 g/mol. The Morgan fingerprint density at radius 2 is 2.18 bits per heavy atom. The zero-order valence-corrected chi connectivity index (χ0v) is 10.1. The topological polar surface area (TPSA) is 58.4 Å². The number of benzene rings is 1. The minimum absolute atomic E-state index is 0.00523. The molecule has 1 aromatic rings. The lowest BCUT2D eigenvalue weighted by Crippen LogP contribution is -2.37. The minimum atomic E-state index is 0.00523. The number of carbonyl (C=O) groups excluding carboxylic acids is 1. The molecule has 1 fully saturated rings. The Labute approximate surface area is 102 Å². The molecule has 1 saturated carbocycles. The number of nitrogens with one attached hydrogen (secondary N) is 1. The smallest absolute Gasteiger partial charge is 0.317 e. The molecule has 0 spiro atoms. The van der Waals surface area contributed by atoms with Crippen molar-refractivity contribution in [2.45, 2.75) is 32.0 Å². The van der Waals surface area contributed by atoms with E-state index in [9.17, 15) is 4.79 Å². The van der Waals surface area contributed by atoms with E-state index in [0.29, 0.717) is 19.1 Å². The lowest BCUT2D eigenvalue weighted by molar-refractivity contribution is 0.206. The highest BCUT2D eigenvalue weighted by molar-refractivity contribution is 5.74. The average Bonchev–Trinajstić information content (AvgIpc) is 3.13. The lowest BCUT2D eigenvalue weighted by Gasteiger charge is -2.18. The Kier molecular flexibility index (Phi) is 3.64. The Morgan fingerprint density at radius 1 is 1.47 bits per heavy atom. The summed E-state index contributed by atoms with van der Waals surface area (Å²) in [5.74, 6) is 0. The number of nitrogens with zero attached hydrogens (tertiary/aromatic N) is 1. The van der Waals surface area contributed by atoms with Gasteiger partial charge in [0.05, 0.1) is 0 Å². The van der Waals surface area contributed by atoms with Gasteiger partial charge in [0.2, 0.25) is 0 Å². The van der Waals surface area contributed by atoms with E-state index >= 15 is 0 Å². The van der Waals surface area contributed by atoms with Crippen molar-refractivity contribution in [1.29, 1.82) is 0 Å². The second kappa shape index (κ2) is 5.19. The SMILES string of the molecule is CN(Cc1cccc(CN)c1)C(=O)NC1CC1. The molecule has 0 bridgehead atoms. The second-order valence-electron chi connectivity index (χ2n) is 4.60. The van der Waals surface area contributed by atoms with Gasteiger partial charge in [-0.1, -0.05) is 24.3 Å². The fourth-order valence-electron chi connectivity index (χ4n) is 1.71. The molecule has 3 N–H and O–H groups in total. The largest absolute Gasteiger partial charge is 0.335 e. The summed E-state index contributed by atoms with van der Waals surface area (Å²) in [7, 11) is 1.81. The number of hydrogen-bond donors (Lipinski definition) is 2. The van der Waals surface area contributed by atoms with E-state index in [-0.39, 0.29) is 6.03 Å². The van der Waals surface area contributed by atoms with E-state index in [0.717, 1.165) is 24.0 Å². The molecule has 0 heterocycles. The summed E-state index contributed by atoms with van der Waals surface area (Å²) in [5.41, 5.74) is 7.80. The van der Waals surface area contributed by atoms with Crippen molar-refractivity contribution in [3.8, 4) is 0 Å². The molecule has 1 aliphatic rings. The summed E-state index contributed by atoms with van der Waals surface area (Å²) in [6, 6.07) is 8.43. The zero-order valence-electron chi connectivity index (χ0n) is 10.1. The van der Waals surface area contributed by atoms with Gasteiger partial charge in [0, 0.05) is 26.2 Å². The van der Waals surface area contributed by atoms with E-state index in [1.54, 1.807) is 4.90 Å². The quantitative estimate of drug-likeness (QED) is 0.827. The van der Waals surface area contributed by atoms with Crippen LogP contribution in [0, 0.1) is 0 Å². The van der Waals surface area contributed by atoms with Crippen LogP contribution in [0.4, 0.5) is 4.79 Å². The van der Waals surface area contributed by atoms with E-state index in [1.165, 1.54) is 0 Å². The summed E-state index contributed by atoms with van der Waals surface area (Å²) in [5, 5.41) is 2.96. The molecule has 92 valence electrons. The molecule has 0 atom stereocenters. The number of rotatable bonds is 4. The molecular formula is C13H19N3O. The van der Waals surface area contributed by atoms with Crippen LogP contribution in [0.3, 0.4) is 0 Å². The number of carbonyl (C=O) groups is 1. The summed E-state index contributed by atoms with van der Waals surface area (Å²) < 4.78 is 0. The molecule has 17 heavy (non-hydrogen) atoms. The maximum atomic E-state index is 11.7. The Bertz CT molecular complexity index is 401. The number of amides is 2. The van der Waals surface area contributed by atoms with Crippen LogP contribution in [-0.4, -0.2) is 24.0 Å². The van der Waals surface area contributed by atoms with Crippen molar-refractivity contribution in [3.63, 3.8) is 0 Å². The second-order valence-corrected chi connectivity index (χ2v) is 4.60. The number of urea groups is 1. The summed E-state index contributed by atoms with van der Waals surface area (Å²) >= 11 is 0. The van der Waals surface area contributed by atoms with Crippen LogP contribution in [0.5, 0.6) is 0 Å². The maximum Gasteiger partial charge on any atom is 0.317 e. The predicted molar refractivity (Wildman–Crippen MR) is 67.4 cm³/mol. The maximum absolute atomic E-state index is 11.7. The Balaban J connectivity index is 1.91. The fraction of sp³-hybridized carbons (Fsp3) is 0.462. The van der Waals surface area contributed by atoms with Crippen LogP contribution in [-0.2, 0) is 13.1 Å². The van der Waals surface area contributed by atoms with E-state index in [4.69, 9.17) is 5.73 Å². The lowest BCUT2D eigenvalue weighted by atomic mass is 10.1. The van der Waals surface area contributed by atoms with Crippen LogP contribution in [0.15, 0.2) is 24.3 Å². The van der Waals surface area contributed by atoms with Gasteiger partial charge in [-0.05, 0) is 24.0 Å². The van der Waals surface area contributed by atoms with Crippen molar-refractivity contribution >= 4 is 6.03 Å². The van der Waals surface area contributed by atoms with Crippen LogP contribution < -0.4 is 11.1 Å². The predicted octanol–water partition coefficient (Wildman–Crippen LogP) is 1.45. The Hall–Kier alpha value is -1.55. The zero-order chi connectivity index (χ0) is 12.3. The third-order valence-corrected chi connectivity index (χ3v) is 2.90.